The van der Waals surface area contributed by atoms with Crippen molar-refractivity contribution in [3.05, 3.63) is 0 Å². The van der Waals surface area contributed by atoms with Crippen LogP contribution in [-0.2, 0) is 0 Å². The smallest absolute Gasteiger partial charge is 0.317 e. The van der Waals surface area contributed by atoms with Crippen molar-refractivity contribution in [2.75, 3.05) is 20.1 Å². The van der Waals surface area contributed by atoms with Gasteiger partial charge >= 0.3 is 6.03 Å². The SMILES string of the molecule is CCCNC(=O)N(C)C1CCC(NCCC)CC1. The molecule has 0 atom stereocenters. The Labute approximate surface area is 111 Å². The lowest BCUT2D eigenvalue weighted by Crippen LogP contribution is -2.47. The van der Waals surface area contributed by atoms with Gasteiger partial charge in [0.15, 0.2) is 0 Å². The molecule has 0 aromatic carbocycles. The third-order valence-corrected chi connectivity index (χ3v) is 3.77. The van der Waals surface area contributed by atoms with E-state index in [-0.39, 0.29) is 6.03 Å². The number of carbonyl (C=O) groups is 1. The van der Waals surface area contributed by atoms with E-state index in [0.717, 1.165) is 32.4 Å². The molecule has 0 aliphatic heterocycles. The molecular formula is C14H29N3O. The van der Waals surface area contributed by atoms with Gasteiger partial charge < -0.3 is 15.5 Å². The average molecular weight is 255 g/mol. The summed E-state index contributed by atoms with van der Waals surface area (Å²) in [6.07, 6.45) is 6.81. The molecule has 0 unspecified atom stereocenters. The van der Waals surface area contributed by atoms with Crippen molar-refractivity contribution in [2.45, 2.75) is 64.5 Å². The maximum absolute atomic E-state index is 11.9. The highest BCUT2D eigenvalue weighted by Gasteiger charge is 2.25. The van der Waals surface area contributed by atoms with Crippen molar-refractivity contribution in [3.63, 3.8) is 0 Å². The molecule has 1 aliphatic carbocycles. The van der Waals surface area contributed by atoms with Crippen LogP contribution in [0, 0.1) is 0 Å². The number of hydrogen-bond donors (Lipinski definition) is 2. The van der Waals surface area contributed by atoms with Gasteiger partial charge in [0, 0.05) is 25.7 Å². The molecule has 2 N–H and O–H groups in total. The normalized spacial score (nSPS) is 23.7. The van der Waals surface area contributed by atoms with Gasteiger partial charge in [0.05, 0.1) is 0 Å². The van der Waals surface area contributed by atoms with E-state index in [0.29, 0.717) is 12.1 Å². The minimum atomic E-state index is 0.0850. The Kier molecular flexibility index (Phi) is 7.09. The van der Waals surface area contributed by atoms with Gasteiger partial charge in [0.25, 0.3) is 0 Å². The zero-order valence-corrected chi connectivity index (χ0v) is 12.2. The average Bonchev–Trinajstić information content (AvgIpc) is 2.42. The van der Waals surface area contributed by atoms with Crippen molar-refractivity contribution in [1.82, 2.24) is 15.5 Å². The van der Waals surface area contributed by atoms with Crippen LogP contribution in [0.2, 0.25) is 0 Å². The first-order valence-electron chi connectivity index (χ1n) is 7.43. The van der Waals surface area contributed by atoms with Gasteiger partial charge in [-0.3, -0.25) is 0 Å². The van der Waals surface area contributed by atoms with E-state index >= 15 is 0 Å². The molecule has 18 heavy (non-hydrogen) atoms. The Bertz CT molecular complexity index is 237. The molecule has 1 aliphatic rings. The molecule has 0 aromatic rings. The van der Waals surface area contributed by atoms with Gasteiger partial charge in [-0.05, 0) is 45.1 Å². The largest absolute Gasteiger partial charge is 0.338 e. The van der Waals surface area contributed by atoms with Gasteiger partial charge in [-0.1, -0.05) is 13.8 Å². The van der Waals surface area contributed by atoms with Crippen molar-refractivity contribution < 1.29 is 4.79 Å². The van der Waals surface area contributed by atoms with Gasteiger partial charge in [-0.2, -0.15) is 0 Å². The zero-order chi connectivity index (χ0) is 13.4. The predicted molar refractivity (Wildman–Crippen MR) is 75.8 cm³/mol. The van der Waals surface area contributed by atoms with E-state index in [4.69, 9.17) is 0 Å². The summed E-state index contributed by atoms with van der Waals surface area (Å²) in [4.78, 5) is 13.7. The van der Waals surface area contributed by atoms with Crippen molar-refractivity contribution >= 4 is 6.03 Å². The van der Waals surface area contributed by atoms with Crippen molar-refractivity contribution in [1.29, 1.82) is 0 Å². The monoisotopic (exact) mass is 255 g/mol. The summed E-state index contributed by atoms with van der Waals surface area (Å²) in [6.45, 7) is 6.16. The summed E-state index contributed by atoms with van der Waals surface area (Å²) >= 11 is 0. The second-order valence-electron chi connectivity index (χ2n) is 5.30. The summed E-state index contributed by atoms with van der Waals surface area (Å²) in [7, 11) is 1.93. The minimum absolute atomic E-state index is 0.0850. The second-order valence-corrected chi connectivity index (χ2v) is 5.30. The fourth-order valence-electron chi connectivity index (χ4n) is 2.54. The molecule has 2 amide bonds. The first-order valence-corrected chi connectivity index (χ1v) is 7.43. The maximum Gasteiger partial charge on any atom is 0.317 e. The summed E-state index contributed by atoms with van der Waals surface area (Å²) in [5.41, 5.74) is 0. The number of carbonyl (C=O) groups excluding carboxylic acids is 1. The van der Waals surface area contributed by atoms with Crippen LogP contribution in [0.3, 0.4) is 0 Å². The minimum Gasteiger partial charge on any atom is -0.338 e. The highest BCUT2D eigenvalue weighted by Crippen LogP contribution is 2.22. The van der Waals surface area contributed by atoms with E-state index in [1.165, 1.54) is 19.3 Å². The van der Waals surface area contributed by atoms with Crippen LogP contribution >= 0.6 is 0 Å². The maximum atomic E-state index is 11.9. The molecule has 4 nitrogen and oxygen atoms in total. The zero-order valence-electron chi connectivity index (χ0n) is 12.2. The number of amides is 2. The quantitative estimate of drug-likeness (QED) is 0.765. The molecule has 0 bridgehead atoms. The van der Waals surface area contributed by atoms with Crippen LogP contribution in [0.25, 0.3) is 0 Å². The van der Waals surface area contributed by atoms with E-state index in [1.807, 2.05) is 11.9 Å². The highest BCUT2D eigenvalue weighted by molar-refractivity contribution is 5.74. The Balaban J connectivity index is 2.26. The second kappa shape index (κ2) is 8.35. The summed E-state index contributed by atoms with van der Waals surface area (Å²) in [5, 5.41) is 6.52. The fraction of sp³-hybridized carbons (Fsp3) is 0.929. The van der Waals surface area contributed by atoms with E-state index in [1.54, 1.807) is 0 Å². The van der Waals surface area contributed by atoms with Crippen LogP contribution in [0.4, 0.5) is 4.79 Å². The van der Waals surface area contributed by atoms with Crippen LogP contribution < -0.4 is 10.6 Å². The first-order chi connectivity index (χ1) is 8.69. The van der Waals surface area contributed by atoms with Gasteiger partial charge in [-0.25, -0.2) is 4.79 Å². The molecule has 0 aromatic heterocycles. The van der Waals surface area contributed by atoms with Crippen LogP contribution in [0.5, 0.6) is 0 Å². The molecule has 0 radical (unpaired) electrons. The van der Waals surface area contributed by atoms with Crippen molar-refractivity contribution in [2.24, 2.45) is 0 Å². The number of urea groups is 1. The topological polar surface area (TPSA) is 44.4 Å². The molecule has 106 valence electrons. The number of hydrogen-bond acceptors (Lipinski definition) is 2. The van der Waals surface area contributed by atoms with Crippen molar-refractivity contribution in [3.8, 4) is 0 Å². The molecule has 1 saturated carbocycles. The Morgan fingerprint density at radius 2 is 1.72 bits per heavy atom. The summed E-state index contributed by atoms with van der Waals surface area (Å²) < 4.78 is 0. The lowest BCUT2D eigenvalue weighted by Gasteiger charge is -2.35. The molecule has 0 saturated heterocycles. The van der Waals surface area contributed by atoms with Gasteiger partial charge in [-0.15, -0.1) is 0 Å². The highest BCUT2D eigenvalue weighted by atomic mass is 16.2. The molecule has 0 spiro atoms. The van der Waals surface area contributed by atoms with Gasteiger partial charge in [0.2, 0.25) is 0 Å². The van der Waals surface area contributed by atoms with Crippen LogP contribution in [0.15, 0.2) is 0 Å². The molecule has 1 rings (SSSR count). The standard InChI is InChI=1S/C14H29N3O/c1-4-10-15-12-6-8-13(9-7-12)17(3)14(18)16-11-5-2/h12-13,15H,4-11H2,1-3H3,(H,16,18). The third-order valence-electron chi connectivity index (χ3n) is 3.77. The molecular weight excluding hydrogens is 226 g/mol. The lowest BCUT2D eigenvalue weighted by molar-refractivity contribution is 0.166. The number of nitrogens with zero attached hydrogens (tertiary/aromatic N) is 1. The molecule has 4 heteroatoms. The van der Waals surface area contributed by atoms with Crippen LogP contribution in [-0.4, -0.2) is 43.2 Å². The van der Waals surface area contributed by atoms with E-state index in [2.05, 4.69) is 24.5 Å². The van der Waals surface area contributed by atoms with Gasteiger partial charge in [0.1, 0.15) is 0 Å². The fourth-order valence-corrected chi connectivity index (χ4v) is 2.54. The van der Waals surface area contributed by atoms with E-state index < -0.39 is 0 Å². The Morgan fingerprint density at radius 1 is 1.11 bits per heavy atom. The number of nitrogens with one attached hydrogen (secondary N) is 2. The van der Waals surface area contributed by atoms with E-state index in [9.17, 15) is 4.79 Å². The predicted octanol–water partition coefficient (Wildman–Crippen LogP) is 2.35. The third kappa shape index (κ3) is 4.84. The summed E-state index contributed by atoms with van der Waals surface area (Å²) in [5.74, 6) is 0. The Hall–Kier alpha value is -0.770. The molecule has 0 heterocycles. The van der Waals surface area contributed by atoms with Crippen LogP contribution in [0.1, 0.15) is 52.4 Å². The number of rotatable bonds is 6. The Morgan fingerprint density at radius 3 is 2.28 bits per heavy atom. The first kappa shape index (κ1) is 15.3. The summed E-state index contributed by atoms with van der Waals surface area (Å²) in [6, 6.07) is 1.16. The lowest BCUT2D eigenvalue weighted by atomic mass is 9.90. The molecule has 1 fully saturated rings.